The lowest BCUT2D eigenvalue weighted by molar-refractivity contribution is 0.0526. The smallest absolute Gasteiger partial charge is 0.343 e. The average Bonchev–Trinajstić information content (AvgIpc) is 2.69. The quantitative estimate of drug-likeness (QED) is 0.380. The molecule has 2 heterocycles. The Balaban J connectivity index is 1.95. The predicted octanol–water partition coefficient (Wildman–Crippen LogP) is 2.87. The van der Waals surface area contributed by atoms with E-state index in [1.807, 2.05) is 30.5 Å². The van der Waals surface area contributed by atoms with Crippen molar-refractivity contribution in [2.75, 3.05) is 18.2 Å². The van der Waals surface area contributed by atoms with E-state index >= 15 is 0 Å². The van der Waals surface area contributed by atoms with Crippen molar-refractivity contribution >= 4 is 29.2 Å². The highest BCUT2D eigenvalue weighted by Crippen LogP contribution is 2.25. The van der Waals surface area contributed by atoms with Gasteiger partial charge in [-0.3, -0.25) is 4.79 Å². The molecule has 138 valence electrons. The Hall–Kier alpha value is -3.20. The molecule has 0 saturated heterocycles. The minimum Gasteiger partial charge on any atom is -0.462 e. The standard InChI is InChI=1S/C18H17N5O3S/c1-3-26-17(25)13-10-19-18(27-2)21-16(13)20-12-6-4-5-11(9-12)14-7-8-15(24)23-22-14/h4-10H,3H2,1-2H3,(H,23,24)(H,19,20,21). The molecular formula is C18H17N5O3S. The van der Waals surface area contributed by atoms with E-state index in [4.69, 9.17) is 4.74 Å². The largest absolute Gasteiger partial charge is 0.462 e. The van der Waals surface area contributed by atoms with Gasteiger partial charge in [0.2, 0.25) is 0 Å². The zero-order valence-electron chi connectivity index (χ0n) is 14.7. The van der Waals surface area contributed by atoms with Crippen LogP contribution in [0.2, 0.25) is 0 Å². The summed E-state index contributed by atoms with van der Waals surface area (Å²) >= 11 is 1.37. The number of aromatic nitrogens is 4. The summed E-state index contributed by atoms with van der Waals surface area (Å²) in [7, 11) is 0. The van der Waals surface area contributed by atoms with Crippen LogP contribution in [0, 0.1) is 0 Å². The van der Waals surface area contributed by atoms with E-state index in [0.29, 0.717) is 22.4 Å². The summed E-state index contributed by atoms with van der Waals surface area (Å²) in [4.78, 5) is 31.9. The van der Waals surface area contributed by atoms with Crippen LogP contribution in [-0.2, 0) is 4.74 Å². The molecule has 0 aliphatic rings. The summed E-state index contributed by atoms with van der Waals surface area (Å²) in [6, 6.07) is 10.4. The van der Waals surface area contributed by atoms with Gasteiger partial charge in [-0.2, -0.15) is 5.10 Å². The van der Waals surface area contributed by atoms with Gasteiger partial charge in [-0.15, -0.1) is 0 Å². The van der Waals surface area contributed by atoms with Crippen LogP contribution in [0.5, 0.6) is 0 Å². The summed E-state index contributed by atoms with van der Waals surface area (Å²) in [6.07, 6.45) is 3.30. The van der Waals surface area contributed by atoms with Crippen molar-refractivity contribution in [3.63, 3.8) is 0 Å². The number of anilines is 2. The summed E-state index contributed by atoms with van der Waals surface area (Å²) in [5, 5.41) is 10.1. The molecule has 0 fully saturated rings. The van der Waals surface area contributed by atoms with Crippen LogP contribution in [0.25, 0.3) is 11.3 Å². The fourth-order valence-electron chi connectivity index (χ4n) is 2.32. The van der Waals surface area contributed by atoms with Gasteiger partial charge in [0, 0.05) is 23.5 Å². The Labute approximate surface area is 159 Å². The molecule has 3 rings (SSSR count). The Morgan fingerprint density at radius 3 is 2.85 bits per heavy atom. The highest BCUT2D eigenvalue weighted by Gasteiger charge is 2.16. The van der Waals surface area contributed by atoms with Gasteiger partial charge in [-0.1, -0.05) is 23.9 Å². The predicted molar refractivity (Wildman–Crippen MR) is 103 cm³/mol. The topological polar surface area (TPSA) is 110 Å². The van der Waals surface area contributed by atoms with Crippen LogP contribution in [0.4, 0.5) is 11.5 Å². The van der Waals surface area contributed by atoms with Crippen molar-refractivity contribution in [2.45, 2.75) is 12.1 Å². The number of nitrogens with zero attached hydrogens (tertiary/aromatic N) is 3. The summed E-state index contributed by atoms with van der Waals surface area (Å²) in [5.74, 6) is -0.134. The molecular weight excluding hydrogens is 366 g/mol. The van der Waals surface area contributed by atoms with Crippen molar-refractivity contribution in [3.05, 3.63) is 58.5 Å². The van der Waals surface area contributed by atoms with E-state index in [2.05, 4.69) is 25.5 Å². The third kappa shape index (κ3) is 4.50. The monoisotopic (exact) mass is 383 g/mol. The van der Waals surface area contributed by atoms with E-state index in [1.54, 1.807) is 13.0 Å². The fraction of sp³-hybridized carbons (Fsp3) is 0.167. The number of nitrogens with one attached hydrogen (secondary N) is 2. The third-order valence-electron chi connectivity index (χ3n) is 3.54. The van der Waals surface area contributed by atoms with Gasteiger partial charge in [-0.25, -0.2) is 19.9 Å². The van der Waals surface area contributed by atoms with E-state index in [-0.39, 0.29) is 17.7 Å². The van der Waals surface area contributed by atoms with E-state index < -0.39 is 5.97 Å². The van der Waals surface area contributed by atoms with Crippen molar-refractivity contribution in [1.82, 2.24) is 20.2 Å². The number of carbonyl (C=O) groups is 1. The molecule has 0 bridgehead atoms. The molecule has 1 aromatic carbocycles. The van der Waals surface area contributed by atoms with Crippen LogP contribution in [-0.4, -0.2) is 39.0 Å². The van der Waals surface area contributed by atoms with Gasteiger partial charge in [0.15, 0.2) is 5.16 Å². The number of H-pyrrole nitrogens is 1. The van der Waals surface area contributed by atoms with Crippen molar-refractivity contribution in [3.8, 4) is 11.3 Å². The van der Waals surface area contributed by atoms with Gasteiger partial charge in [0.1, 0.15) is 11.4 Å². The van der Waals surface area contributed by atoms with Crippen molar-refractivity contribution < 1.29 is 9.53 Å². The maximum Gasteiger partial charge on any atom is 0.343 e. The van der Waals surface area contributed by atoms with Gasteiger partial charge in [0.05, 0.1) is 12.3 Å². The second-order valence-electron chi connectivity index (χ2n) is 5.35. The lowest BCUT2D eigenvalue weighted by Crippen LogP contribution is -2.11. The van der Waals surface area contributed by atoms with Gasteiger partial charge < -0.3 is 10.1 Å². The molecule has 0 aliphatic carbocycles. The molecule has 0 amide bonds. The second-order valence-corrected chi connectivity index (χ2v) is 6.13. The van der Waals surface area contributed by atoms with Gasteiger partial charge >= 0.3 is 5.97 Å². The van der Waals surface area contributed by atoms with Gasteiger partial charge in [0.25, 0.3) is 5.56 Å². The van der Waals surface area contributed by atoms with E-state index in [1.165, 1.54) is 24.0 Å². The lowest BCUT2D eigenvalue weighted by atomic mass is 10.1. The molecule has 27 heavy (non-hydrogen) atoms. The summed E-state index contributed by atoms with van der Waals surface area (Å²) < 4.78 is 5.07. The number of carbonyl (C=O) groups excluding carboxylic acids is 1. The number of ether oxygens (including phenoxy) is 1. The molecule has 0 unspecified atom stereocenters. The molecule has 0 aliphatic heterocycles. The number of aromatic amines is 1. The third-order valence-corrected chi connectivity index (χ3v) is 4.11. The Morgan fingerprint density at radius 2 is 2.15 bits per heavy atom. The molecule has 8 nitrogen and oxygen atoms in total. The number of rotatable bonds is 6. The van der Waals surface area contributed by atoms with E-state index in [9.17, 15) is 9.59 Å². The molecule has 0 atom stereocenters. The Bertz CT molecular complexity index is 1000. The zero-order chi connectivity index (χ0) is 19.2. The second kappa shape index (κ2) is 8.45. The maximum atomic E-state index is 12.2. The zero-order valence-corrected chi connectivity index (χ0v) is 15.5. The number of hydrogen-bond donors (Lipinski definition) is 2. The molecule has 2 aromatic heterocycles. The lowest BCUT2D eigenvalue weighted by Gasteiger charge is -2.12. The first-order chi connectivity index (χ1) is 13.1. The Kier molecular flexibility index (Phi) is 5.82. The summed E-state index contributed by atoms with van der Waals surface area (Å²) in [6.45, 7) is 2.00. The molecule has 0 saturated carbocycles. The molecule has 2 N–H and O–H groups in total. The molecule has 3 aromatic rings. The number of esters is 1. The van der Waals surface area contributed by atoms with Crippen LogP contribution in [0.15, 0.2) is 52.5 Å². The Morgan fingerprint density at radius 1 is 1.30 bits per heavy atom. The van der Waals surface area contributed by atoms with Crippen LogP contribution in [0.1, 0.15) is 17.3 Å². The van der Waals surface area contributed by atoms with Crippen molar-refractivity contribution in [1.29, 1.82) is 0 Å². The number of hydrogen-bond acceptors (Lipinski definition) is 8. The van der Waals surface area contributed by atoms with Crippen LogP contribution < -0.4 is 10.9 Å². The van der Waals surface area contributed by atoms with E-state index in [0.717, 1.165) is 5.56 Å². The maximum absolute atomic E-state index is 12.2. The normalized spacial score (nSPS) is 10.4. The van der Waals surface area contributed by atoms with Crippen LogP contribution >= 0.6 is 11.8 Å². The minimum atomic E-state index is -0.494. The molecule has 0 spiro atoms. The van der Waals surface area contributed by atoms with Gasteiger partial charge in [-0.05, 0) is 31.4 Å². The SMILES string of the molecule is CCOC(=O)c1cnc(SC)nc1Nc1cccc(-c2ccc(=O)[nH]n2)c1. The van der Waals surface area contributed by atoms with Crippen LogP contribution in [0.3, 0.4) is 0 Å². The highest BCUT2D eigenvalue weighted by molar-refractivity contribution is 7.98. The van der Waals surface area contributed by atoms with Crippen molar-refractivity contribution in [2.24, 2.45) is 0 Å². The first kappa shape index (κ1) is 18.6. The highest BCUT2D eigenvalue weighted by atomic mass is 32.2. The number of thioether (sulfide) groups is 1. The average molecular weight is 383 g/mol. The summed E-state index contributed by atoms with van der Waals surface area (Å²) in [5.41, 5.74) is 2.11. The minimum absolute atomic E-state index is 0.252. The fourth-order valence-corrected chi connectivity index (χ4v) is 2.66. The first-order valence-electron chi connectivity index (χ1n) is 8.12. The first-order valence-corrected chi connectivity index (χ1v) is 9.34. The molecule has 0 radical (unpaired) electrons. The number of benzene rings is 1. The molecule has 9 heteroatoms.